The van der Waals surface area contributed by atoms with E-state index in [2.05, 4.69) is 5.32 Å². The van der Waals surface area contributed by atoms with Crippen LogP contribution in [0.5, 0.6) is 5.75 Å². The first kappa shape index (κ1) is 18.2. The summed E-state index contributed by atoms with van der Waals surface area (Å²) in [4.78, 5) is 11.8. The average molecular weight is 351 g/mol. The molecule has 0 saturated heterocycles. The summed E-state index contributed by atoms with van der Waals surface area (Å²) in [7, 11) is 0. The molecule has 2 aromatic carbocycles. The fourth-order valence-electron chi connectivity index (χ4n) is 2.22. The Kier molecular flexibility index (Phi) is 5.80. The van der Waals surface area contributed by atoms with Crippen molar-refractivity contribution in [3.05, 3.63) is 65.5 Å². The summed E-state index contributed by atoms with van der Waals surface area (Å²) in [5.74, 6) is 0.330. The Labute approximate surface area is 146 Å². The molecule has 6 heteroatoms. The summed E-state index contributed by atoms with van der Waals surface area (Å²) in [6.07, 6.45) is 1.51. The van der Waals surface area contributed by atoms with Gasteiger partial charge in [-0.25, -0.2) is 4.39 Å². The summed E-state index contributed by atoms with van der Waals surface area (Å²) >= 11 is 0. The van der Waals surface area contributed by atoms with E-state index in [1.807, 2.05) is 30.3 Å². The largest absolute Gasteiger partial charge is 0.489 e. The van der Waals surface area contributed by atoms with Crippen molar-refractivity contribution in [2.75, 3.05) is 0 Å². The van der Waals surface area contributed by atoms with Crippen LogP contribution in [0.15, 0.2) is 48.5 Å². The van der Waals surface area contributed by atoms with E-state index in [0.29, 0.717) is 18.9 Å². The number of amides is 1. The second-order valence-corrected chi connectivity index (χ2v) is 5.90. The van der Waals surface area contributed by atoms with E-state index in [1.165, 1.54) is 12.1 Å². The number of rotatable bonds is 6. The van der Waals surface area contributed by atoms with Crippen LogP contribution in [-0.2, 0) is 17.9 Å². The zero-order chi connectivity index (χ0) is 16.3. The Hall–Kier alpha value is -2.11. The summed E-state index contributed by atoms with van der Waals surface area (Å²) in [6.45, 7) is 0.755. The molecule has 0 spiro atoms. The molecule has 1 saturated carbocycles. The normalized spacial score (nSPS) is 14.4. The van der Waals surface area contributed by atoms with Crippen LogP contribution in [-0.4, -0.2) is 11.4 Å². The topological polar surface area (TPSA) is 64.4 Å². The molecular formula is C18H20ClFN2O2. The minimum Gasteiger partial charge on any atom is -0.489 e. The van der Waals surface area contributed by atoms with Crippen LogP contribution in [0.2, 0.25) is 0 Å². The minimum atomic E-state index is -0.645. The molecule has 1 aliphatic rings. The first-order chi connectivity index (χ1) is 11.0. The maximum absolute atomic E-state index is 13.1. The molecule has 0 radical (unpaired) electrons. The van der Waals surface area contributed by atoms with Gasteiger partial charge in [-0.2, -0.15) is 0 Å². The van der Waals surface area contributed by atoms with Gasteiger partial charge in [0.2, 0.25) is 5.91 Å². The highest BCUT2D eigenvalue weighted by atomic mass is 35.5. The third kappa shape index (κ3) is 4.69. The van der Waals surface area contributed by atoms with Crippen molar-refractivity contribution in [2.24, 2.45) is 5.73 Å². The number of carbonyl (C=O) groups is 1. The van der Waals surface area contributed by atoms with Crippen molar-refractivity contribution in [3.63, 3.8) is 0 Å². The SMILES string of the molecule is Cl.NC1(C(=O)NCc2ccc(OCc3cccc(F)c3)cc2)CC1. The van der Waals surface area contributed by atoms with Crippen LogP contribution in [0.3, 0.4) is 0 Å². The molecule has 1 fully saturated rings. The highest BCUT2D eigenvalue weighted by Gasteiger charge is 2.45. The predicted molar refractivity (Wildman–Crippen MR) is 92.4 cm³/mol. The lowest BCUT2D eigenvalue weighted by Crippen LogP contribution is -2.42. The van der Waals surface area contributed by atoms with Gasteiger partial charge in [0.1, 0.15) is 18.2 Å². The van der Waals surface area contributed by atoms with Gasteiger partial charge in [-0.3, -0.25) is 4.79 Å². The Balaban J connectivity index is 0.00000208. The third-order valence-corrected chi connectivity index (χ3v) is 3.91. The molecule has 3 N–H and O–H groups in total. The Bertz CT molecular complexity index is 702. The highest BCUT2D eigenvalue weighted by Crippen LogP contribution is 2.32. The quantitative estimate of drug-likeness (QED) is 0.842. The lowest BCUT2D eigenvalue weighted by atomic mass is 10.2. The van der Waals surface area contributed by atoms with E-state index in [1.54, 1.807) is 6.07 Å². The molecule has 0 unspecified atom stereocenters. The fraction of sp³-hybridized carbons (Fsp3) is 0.278. The second-order valence-electron chi connectivity index (χ2n) is 5.90. The highest BCUT2D eigenvalue weighted by molar-refractivity contribution is 5.88. The molecule has 0 atom stereocenters. The van der Waals surface area contributed by atoms with Crippen molar-refractivity contribution in [1.29, 1.82) is 0 Å². The Morgan fingerprint density at radius 3 is 2.50 bits per heavy atom. The van der Waals surface area contributed by atoms with E-state index in [0.717, 1.165) is 24.0 Å². The molecule has 1 aliphatic carbocycles. The first-order valence-corrected chi connectivity index (χ1v) is 7.59. The van der Waals surface area contributed by atoms with Gasteiger partial charge >= 0.3 is 0 Å². The maximum atomic E-state index is 13.1. The lowest BCUT2D eigenvalue weighted by Gasteiger charge is -2.11. The standard InChI is InChI=1S/C18H19FN2O2.ClH/c19-15-3-1-2-14(10-15)12-23-16-6-4-13(5-7-16)11-21-17(22)18(20)8-9-18;/h1-7,10H,8-9,11-12,20H2,(H,21,22);1H. The molecule has 0 aromatic heterocycles. The molecule has 0 bridgehead atoms. The van der Waals surface area contributed by atoms with E-state index in [4.69, 9.17) is 10.5 Å². The van der Waals surface area contributed by atoms with Crippen molar-refractivity contribution in [3.8, 4) is 5.75 Å². The number of ether oxygens (including phenoxy) is 1. The average Bonchev–Trinajstić information content (AvgIpc) is 3.31. The predicted octanol–water partition coefficient (Wildman–Crippen LogP) is 2.93. The number of carbonyl (C=O) groups excluding carboxylic acids is 1. The van der Waals surface area contributed by atoms with Gasteiger partial charge < -0.3 is 15.8 Å². The van der Waals surface area contributed by atoms with E-state index < -0.39 is 5.54 Å². The van der Waals surface area contributed by atoms with E-state index >= 15 is 0 Å². The zero-order valence-corrected chi connectivity index (χ0v) is 13.9. The van der Waals surface area contributed by atoms with Crippen LogP contribution >= 0.6 is 12.4 Å². The summed E-state index contributed by atoms with van der Waals surface area (Å²) in [5.41, 5.74) is 6.93. The van der Waals surface area contributed by atoms with Gasteiger partial charge in [0.05, 0.1) is 5.54 Å². The molecule has 3 rings (SSSR count). The number of benzene rings is 2. The number of nitrogens with one attached hydrogen (secondary N) is 1. The maximum Gasteiger partial charge on any atom is 0.240 e. The lowest BCUT2D eigenvalue weighted by molar-refractivity contribution is -0.123. The van der Waals surface area contributed by atoms with Gasteiger partial charge in [0.25, 0.3) is 0 Å². The summed E-state index contributed by atoms with van der Waals surface area (Å²) in [5, 5.41) is 2.84. The van der Waals surface area contributed by atoms with Crippen molar-refractivity contribution in [2.45, 2.75) is 31.5 Å². The molecule has 0 heterocycles. The Morgan fingerprint density at radius 1 is 1.17 bits per heavy atom. The van der Waals surface area contributed by atoms with E-state index in [-0.39, 0.29) is 24.1 Å². The second kappa shape index (κ2) is 7.64. The smallest absolute Gasteiger partial charge is 0.240 e. The zero-order valence-electron chi connectivity index (χ0n) is 13.1. The van der Waals surface area contributed by atoms with Gasteiger partial charge in [-0.1, -0.05) is 24.3 Å². The fourth-order valence-corrected chi connectivity index (χ4v) is 2.22. The van der Waals surface area contributed by atoms with Crippen LogP contribution in [0.25, 0.3) is 0 Å². The number of halogens is 2. The summed E-state index contributed by atoms with van der Waals surface area (Å²) < 4.78 is 18.7. The minimum absolute atomic E-state index is 0. The molecule has 24 heavy (non-hydrogen) atoms. The number of hydrogen-bond acceptors (Lipinski definition) is 3. The monoisotopic (exact) mass is 350 g/mol. The molecule has 0 aliphatic heterocycles. The van der Waals surface area contributed by atoms with Crippen LogP contribution in [0.1, 0.15) is 24.0 Å². The number of nitrogens with two attached hydrogens (primary N) is 1. The Morgan fingerprint density at radius 2 is 1.88 bits per heavy atom. The molecule has 2 aromatic rings. The molecule has 128 valence electrons. The van der Waals surface area contributed by atoms with Crippen LogP contribution in [0.4, 0.5) is 4.39 Å². The van der Waals surface area contributed by atoms with Crippen molar-refractivity contribution < 1.29 is 13.9 Å². The van der Waals surface area contributed by atoms with Crippen molar-refractivity contribution in [1.82, 2.24) is 5.32 Å². The van der Waals surface area contributed by atoms with Crippen LogP contribution in [0, 0.1) is 5.82 Å². The molecule has 4 nitrogen and oxygen atoms in total. The summed E-state index contributed by atoms with van der Waals surface area (Å²) in [6, 6.07) is 13.8. The van der Waals surface area contributed by atoms with Gasteiger partial charge in [-0.15, -0.1) is 12.4 Å². The van der Waals surface area contributed by atoms with Gasteiger partial charge in [-0.05, 0) is 48.2 Å². The molecule has 1 amide bonds. The molecular weight excluding hydrogens is 331 g/mol. The van der Waals surface area contributed by atoms with Gasteiger partial charge in [0, 0.05) is 6.54 Å². The van der Waals surface area contributed by atoms with E-state index in [9.17, 15) is 9.18 Å². The number of hydrogen-bond donors (Lipinski definition) is 2. The first-order valence-electron chi connectivity index (χ1n) is 7.59. The third-order valence-electron chi connectivity index (χ3n) is 3.91. The van der Waals surface area contributed by atoms with Gasteiger partial charge in [0.15, 0.2) is 0 Å². The van der Waals surface area contributed by atoms with Crippen LogP contribution < -0.4 is 15.8 Å². The van der Waals surface area contributed by atoms with Crippen molar-refractivity contribution >= 4 is 18.3 Å².